The second-order valence-corrected chi connectivity index (χ2v) is 11.6. The molecular formula is C26H25F4N5O3S. The molecule has 1 saturated heterocycles. The lowest BCUT2D eigenvalue weighted by atomic mass is 10.1. The van der Waals surface area contributed by atoms with Crippen molar-refractivity contribution < 1.29 is 30.5 Å². The first-order valence-electron chi connectivity index (χ1n) is 12.3. The maximum absolute atomic E-state index is 13.4. The van der Waals surface area contributed by atoms with Crippen molar-refractivity contribution in [3.63, 3.8) is 0 Å². The van der Waals surface area contributed by atoms with E-state index in [0.717, 1.165) is 24.3 Å². The smallest absolute Gasteiger partial charge is 0.353 e. The van der Waals surface area contributed by atoms with E-state index in [1.807, 2.05) is 18.7 Å². The van der Waals surface area contributed by atoms with Crippen LogP contribution in [0.4, 0.5) is 23.4 Å². The van der Waals surface area contributed by atoms with Gasteiger partial charge in [0.1, 0.15) is 28.5 Å². The standard InChI is InChI=1S/C26H25F4N5O3S/c1-16(2)14-21-31-24(34-10-12-35(13-11-34)39(36,37)20-8-6-19(27)7-9-20)22-23(33-38-25(22)32-21)17-4-3-5-18(15-17)26(28,29)30/h3-9,15-16H,10-14H2,1-2H3. The SMILES string of the molecule is CC(C)Cc1nc(N2CCN(S(=O)(=O)c3ccc(F)cc3)CC2)c2c(-c3cccc(C(F)(F)F)c3)noc2n1. The van der Waals surface area contributed by atoms with Crippen LogP contribution in [-0.2, 0) is 22.6 Å². The molecular weight excluding hydrogens is 538 g/mol. The largest absolute Gasteiger partial charge is 0.416 e. The maximum Gasteiger partial charge on any atom is 0.416 e. The molecule has 0 atom stereocenters. The zero-order chi connectivity index (χ0) is 27.9. The molecule has 2 aromatic carbocycles. The average Bonchev–Trinajstić information content (AvgIpc) is 3.32. The highest BCUT2D eigenvalue weighted by molar-refractivity contribution is 7.89. The summed E-state index contributed by atoms with van der Waals surface area (Å²) in [5.41, 5.74) is -0.315. The molecule has 0 unspecified atom stereocenters. The van der Waals surface area contributed by atoms with Crippen molar-refractivity contribution >= 4 is 26.9 Å². The van der Waals surface area contributed by atoms with Crippen LogP contribution in [-0.4, -0.2) is 54.0 Å². The molecule has 1 aliphatic heterocycles. The maximum atomic E-state index is 13.4. The van der Waals surface area contributed by atoms with Gasteiger partial charge in [0.2, 0.25) is 10.0 Å². The van der Waals surface area contributed by atoms with E-state index in [2.05, 4.69) is 10.1 Å². The van der Waals surface area contributed by atoms with Gasteiger partial charge >= 0.3 is 6.18 Å². The van der Waals surface area contributed by atoms with Crippen LogP contribution >= 0.6 is 0 Å². The van der Waals surface area contributed by atoms with Gasteiger partial charge in [0.05, 0.1) is 10.5 Å². The van der Waals surface area contributed by atoms with Crippen molar-refractivity contribution in [2.45, 2.75) is 31.3 Å². The number of hydrogen-bond acceptors (Lipinski definition) is 7. The predicted molar refractivity (Wildman–Crippen MR) is 136 cm³/mol. The molecule has 0 aliphatic carbocycles. The van der Waals surface area contributed by atoms with Crippen LogP contribution < -0.4 is 4.90 Å². The van der Waals surface area contributed by atoms with E-state index in [1.165, 1.54) is 28.6 Å². The molecule has 13 heteroatoms. The van der Waals surface area contributed by atoms with E-state index in [4.69, 9.17) is 9.51 Å². The number of piperazine rings is 1. The van der Waals surface area contributed by atoms with Crippen LogP contribution in [0, 0.1) is 11.7 Å². The van der Waals surface area contributed by atoms with Crippen molar-refractivity contribution in [2.24, 2.45) is 5.92 Å². The zero-order valence-corrected chi connectivity index (χ0v) is 21.9. The summed E-state index contributed by atoms with van der Waals surface area (Å²) in [6.07, 6.45) is -4.01. The summed E-state index contributed by atoms with van der Waals surface area (Å²) in [6.45, 7) is 4.74. The molecule has 8 nitrogen and oxygen atoms in total. The van der Waals surface area contributed by atoms with E-state index < -0.39 is 27.6 Å². The van der Waals surface area contributed by atoms with E-state index in [9.17, 15) is 26.0 Å². The Labute approximate surface area is 222 Å². The molecule has 0 N–H and O–H groups in total. The second-order valence-electron chi connectivity index (χ2n) is 9.70. The molecule has 4 aromatic rings. The summed E-state index contributed by atoms with van der Waals surface area (Å²) in [5.74, 6) is 0.594. The summed E-state index contributed by atoms with van der Waals surface area (Å²) < 4.78 is 86.4. The number of benzene rings is 2. The molecule has 2 aromatic heterocycles. The van der Waals surface area contributed by atoms with Gasteiger partial charge in [0.15, 0.2) is 0 Å². The Hall–Kier alpha value is -3.58. The van der Waals surface area contributed by atoms with E-state index >= 15 is 0 Å². The van der Waals surface area contributed by atoms with E-state index in [1.54, 1.807) is 0 Å². The Morgan fingerprint density at radius 2 is 1.69 bits per heavy atom. The average molecular weight is 564 g/mol. The molecule has 0 saturated carbocycles. The Morgan fingerprint density at radius 1 is 1.00 bits per heavy atom. The van der Waals surface area contributed by atoms with Crippen molar-refractivity contribution in [2.75, 3.05) is 31.1 Å². The molecule has 5 rings (SSSR count). The van der Waals surface area contributed by atoms with Crippen molar-refractivity contribution in [3.05, 3.63) is 65.7 Å². The van der Waals surface area contributed by atoms with Crippen LogP contribution in [0.5, 0.6) is 0 Å². The van der Waals surface area contributed by atoms with Crippen LogP contribution in [0.25, 0.3) is 22.4 Å². The van der Waals surface area contributed by atoms with Gasteiger partial charge in [-0.2, -0.15) is 22.5 Å². The van der Waals surface area contributed by atoms with Crippen LogP contribution in [0.1, 0.15) is 25.2 Å². The Bertz CT molecular complexity index is 1600. The number of nitrogens with zero attached hydrogens (tertiary/aromatic N) is 5. The van der Waals surface area contributed by atoms with Gasteiger partial charge in [-0.05, 0) is 42.3 Å². The third kappa shape index (κ3) is 5.46. The van der Waals surface area contributed by atoms with Crippen LogP contribution in [0.15, 0.2) is 57.9 Å². The Morgan fingerprint density at radius 3 is 2.33 bits per heavy atom. The van der Waals surface area contributed by atoms with Gasteiger partial charge in [-0.1, -0.05) is 31.1 Å². The molecule has 206 valence electrons. The van der Waals surface area contributed by atoms with Gasteiger partial charge in [0.25, 0.3) is 5.71 Å². The molecule has 0 amide bonds. The summed E-state index contributed by atoms with van der Waals surface area (Å²) >= 11 is 0. The summed E-state index contributed by atoms with van der Waals surface area (Å²) in [6, 6.07) is 9.41. The normalized spacial score (nSPS) is 15.4. The monoisotopic (exact) mass is 563 g/mol. The fourth-order valence-electron chi connectivity index (χ4n) is 4.50. The lowest BCUT2D eigenvalue weighted by Crippen LogP contribution is -2.49. The lowest BCUT2D eigenvalue weighted by molar-refractivity contribution is -0.137. The van der Waals surface area contributed by atoms with Gasteiger partial charge in [-0.25, -0.2) is 17.8 Å². The quantitative estimate of drug-likeness (QED) is 0.300. The van der Waals surface area contributed by atoms with Gasteiger partial charge in [-0.15, -0.1) is 0 Å². The number of alkyl halides is 3. The first-order valence-corrected chi connectivity index (χ1v) is 13.7. The third-order valence-corrected chi connectivity index (χ3v) is 8.32. The summed E-state index contributed by atoms with van der Waals surface area (Å²) in [4.78, 5) is 11.0. The molecule has 0 radical (unpaired) electrons. The number of fused-ring (bicyclic) bond motifs is 1. The summed E-state index contributed by atoms with van der Waals surface area (Å²) in [7, 11) is -3.84. The van der Waals surface area contributed by atoms with E-state index in [0.29, 0.717) is 23.4 Å². The van der Waals surface area contributed by atoms with Crippen molar-refractivity contribution in [1.82, 2.24) is 19.4 Å². The van der Waals surface area contributed by atoms with Crippen LogP contribution in [0.3, 0.4) is 0 Å². The molecule has 3 heterocycles. The number of anilines is 1. The molecule has 1 fully saturated rings. The fourth-order valence-corrected chi connectivity index (χ4v) is 5.92. The van der Waals surface area contributed by atoms with Crippen molar-refractivity contribution in [3.8, 4) is 11.3 Å². The molecule has 0 bridgehead atoms. The topological polar surface area (TPSA) is 92.4 Å². The fraction of sp³-hybridized carbons (Fsp3) is 0.346. The third-order valence-electron chi connectivity index (χ3n) is 6.41. The predicted octanol–water partition coefficient (Wildman–Crippen LogP) is 5.15. The molecule has 0 spiro atoms. The minimum absolute atomic E-state index is 0.00753. The minimum atomic E-state index is -4.54. The molecule has 1 aliphatic rings. The first-order chi connectivity index (χ1) is 18.4. The Kier molecular flexibility index (Phi) is 7.06. The van der Waals surface area contributed by atoms with E-state index in [-0.39, 0.29) is 54.0 Å². The lowest BCUT2D eigenvalue weighted by Gasteiger charge is -2.35. The highest BCUT2D eigenvalue weighted by Gasteiger charge is 2.33. The van der Waals surface area contributed by atoms with Gasteiger partial charge in [0, 0.05) is 38.2 Å². The summed E-state index contributed by atoms with van der Waals surface area (Å²) in [5, 5.41) is 4.42. The van der Waals surface area contributed by atoms with Crippen LogP contribution in [0.2, 0.25) is 0 Å². The number of halogens is 4. The zero-order valence-electron chi connectivity index (χ0n) is 21.1. The number of aromatic nitrogens is 3. The second kappa shape index (κ2) is 10.2. The number of sulfonamides is 1. The number of rotatable bonds is 6. The highest BCUT2D eigenvalue weighted by atomic mass is 32.2. The minimum Gasteiger partial charge on any atom is -0.353 e. The van der Waals surface area contributed by atoms with Gasteiger partial charge in [-0.3, -0.25) is 0 Å². The Balaban J connectivity index is 1.51. The molecule has 39 heavy (non-hydrogen) atoms. The first kappa shape index (κ1) is 27.0. The van der Waals surface area contributed by atoms with Crippen molar-refractivity contribution in [1.29, 1.82) is 0 Å². The van der Waals surface area contributed by atoms with Gasteiger partial charge < -0.3 is 9.42 Å². The highest BCUT2D eigenvalue weighted by Crippen LogP contribution is 2.37. The number of hydrogen-bond donors (Lipinski definition) is 0.